The van der Waals surface area contributed by atoms with Crippen LogP contribution < -0.4 is 11.1 Å². The van der Waals surface area contributed by atoms with Gasteiger partial charge in [-0.3, -0.25) is 0 Å². The highest BCUT2D eigenvalue weighted by molar-refractivity contribution is 6.30. The number of aromatic nitrogens is 1. The zero-order valence-electron chi connectivity index (χ0n) is 10.4. The molecule has 0 aliphatic heterocycles. The van der Waals surface area contributed by atoms with Gasteiger partial charge < -0.3 is 11.1 Å². The van der Waals surface area contributed by atoms with E-state index in [-0.39, 0.29) is 22.2 Å². The highest BCUT2D eigenvalue weighted by atomic mass is 35.5. The van der Waals surface area contributed by atoms with E-state index >= 15 is 0 Å². The fourth-order valence-corrected chi connectivity index (χ4v) is 1.83. The fraction of sp³-hybridized carbons (Fsp3) is 0.154. The number of nitrogens with two attached hydrogens (primary N) is 1. The van der Waals surface area contributed by atoms with Gasteiger partial charge in [0.2, 0.25) is 0 Å². The van der Waals surface area contributed by atoms with Crippen molar-refractivity contribution in [2.24, 2.45) is 0 Å². The first-order valence-electron chi connectivity index (χ1n) is 5.64. The van der Waals surface area contributed by atoms with Crippen LogP contribution in [0.25, 0.3) is 0 Å². The molecule has 106 valence electrons. The smallest absolute Gasteiger partial charge is 0.396 e. The Morgan fingerprint density at radius 2 is 1.90 bits per heavy atom. The quantitative estimate of drug-likeness (QED) is 0.865. The van der Waals surface area contributed by atoms with E-state index in [2.05, 4.69) is 10.3 Å². The van der Waals surface area contributed by atoms with Gasteiger partial charge in [0.15, 0.2) is 5.82 Å². The number of rotatable bonds is 2. The average molecular weight is 302 g/mol. The molecule has 3 nitrogen and oxygen atoms in total. The number of benzene rings is 1. The Labute approximate surface area is 118 Å². The van der Waals surface area contributed by atoms with Crippen LogP contribution in [0.3, 0.4) is 0 Å². The molecular weight excluding hydrogens is 291 g/mol. The fourth-order valence-electron chi connectivity index (χ4n) is 1.66. The number of aryl methyl sites for hydroxylation is 1. The minimum absolute atomic E-state index is 0.00745. The maximum atomic E-state index is 13.0. The van der Waals surface area contributed by atoms with Crippen LogP contribution >= 0.6 is 11.6 Å². The second kappa shape index (κ2) is 5.20. The SMILES string of the molecule is Cc1ccc(N)c(Nc2ccc(Cl)cc2C(F)(F)F)n1. The van der Waals surface area contributed by atoms with Gasteiger partial charge in [-0.15, -0.1) is 0 Å². The van der Waals surface area contributed by atoms with Crippen LogP contribution in [0.1, 0.15) is 11.3 Å². The predicted octanol–water partition coefficient (Wildman–Crippen LogP) is 4.39. The Morgan fingerprint density at radius 3 is 2.55 bits per heavy atom. The molecule has 0 aliphatic rings. The number of nitrogen functional groups attached to an aromatic ring is 1. The highest BCUT2D eigenvalue weighted by Crippen LogP contribution is 2.38. The number of hydrogen-bond donors (Lipinski definition) is 2. The van der Waals surface area contributed by atoms with Gasteiger partial charge in [0.25, 0.3) is 0 Å². The van der Waals surface area contributed by atoms with Crippen molar-refractivity contribution in [2.75, 3.05) is 11.1 Å². The van der Waals surface area contributed by atoms with Gasteiger partial charge in [0, 0.05) is 10.7 Å². The van der Waals surface area contributed by atoms with Crippen LogP contribution in [0.5, 0.6) is 0 Å². The van der Waals surface area contributed by atoms with Crippen molar-refractivity contribution in [1.29, 1.82) is 0 Å². The second-order valence-electron chi connectivity index (χ2n) is 4.20. The van der Waals surface area contributed by atoms with E-state index in [1.54, 1.807) is 19.1 Å². The molecule has 0 spiro atoms. The van der Waals surface area contributed by atoms with Crippen molar-refractivity contribution in [3.05, 3.63) is 46.6 Å². The van der Waals surface area contributed by atoms with Gasteiger partial charge in [-0.05, 0) is 37.3 Å². The van der Waals surface area contributed by atoms with E-state index in [1.165, 1.54) is 12.1 Å². The maximum absolute atomic E-state index is 13.0. The number of pyridine rings is 1. The molecule has 0 aliphatic carbocycles. The predicted molar refractivity (Wildman–Crippen MR) is 73.1 cm³/mol. The first-order valence-corrected chi connectivity index (χ1v) is 6.02. The van der Waals surface area contributed by atoms with E-state index in [0.29, 0.717) is 5.69 Å². The topological polar surface area (TPSA) is 50.9 Å². The normalized spacial score (nSPS) is 11.4. The summed E-state index contributed by atoms with van der Waals surface area (Å²) >= 11 is 5.61. The Kier molecular flexibility index (Phi) is 3.76. The summed E-state index contributed by atoms with van der Waals surface area (Å²) in [4.78, 5) is 4.08. The number of halogens is 4. The lowest BCUT2D eigenvalue weighted by atomic mass is 10.1. The molecule has 0 bridgehead atoms. The van der Waals surface area contributed by atoms with Gasteiger partial charge in [-0.2, -0.15) is 13.2 Å². The Hall–Kier alpha value is -1.95. The summed E-state index contributed by atoms with van der Waals surface area (Å²) in [6.07, 6.45) is -4.52. The molecule has 0 unspecified atom stereocenters. The molecule has 1 aromatic carbocycles. The van der Waals surface area contributed by atoms with Gasteiger partial charge in [-0.1, -0.05) is 11.6 Å². The van der Waals surface area contributed by atoms with Gasteiger partial charge in [0.1, 0.15) is 0 Å². The zero-order chi connectivity index (χ0) is 14.9. The largest absolute Gasteiger partial charge is 0.418 e. The maximum Gasteiger partial charge on any atom is 0.418 e. The molecule has 7 heteroatoms. The molecule has 0 fully saturated rings. The number of hydrogen-bond acceptors (Lipinski definition) is 3. The van der Waals surface area contributed by atoms with Crippen LogP contribution in [0.2, 0.25) is 5.02 Å². The highest BCUT2D eigenvalue weighted by Gasteiger charge is 2.34. The molecule has 2 aromatic rings. The van der Waals surface area contributed by atoms with Crippen molar-refractivity contribution < 1.29 is 13.2 Å². The van der Waals surface area contributed by atoms with Crippen LogP contribution in [-0.2, 0) is 6.18 Å². The molecule has 0 saturated heterocycles. The second-order valence-corrected chi connectivity index (χ2v) is 4.64. The van der Waals surface area contributed by atoms with Crippen molar-refractivity contribution in [3.8, 4) is 0 Å². The molecule has 0 saturated carbocycles. The number of nitrogens with one attached hydrogen (secondary N) is 1. The Bertz CT molecular complexity index is 641. The summed E-state index contributed by atoms with van der Waals surface area (Å²) in [5, 5.41) is 2.61. The molecule has 1 heterocycles. The third kappa shape index (κ3) is 3.14. The number of nitrogens with zero attached hydrogens (tertiary/aromatic N) is 1. The van der Waals surface area contributed by atoms with E-state index < -0.39 is 11.7 Å². The number of anilines is 3. The van der Waals surface area contributed by atoms with E-state index in [9.17, 15) is 13.2 Å². The first-order chi connectivity index (χ1) is 9.27. The Morgan fingerprint density at radius 1 is 1.20 bits per heavy atom. The van der Waals surface area contributed by atoms with Crippen LogP contribution in [0.4, 0.5) is 30.4 Å². The standard InChI is InChI=1S/C13H11ClF3N3/c1-7-2-4-10(18)12(19-7)20-11-5-3-8(14)6-9(11)13(15,16)17/h2-6H,18H2,1H3,(H,19,20). The summed E-state index contributed by atoms with van der Waals surface area (Å²) in [5.41, 5.74) is 5.59. The molecule has 1 aromatic heterocycles. The summed E-state index contributed by atoms with van der Waals surface area (Å²) in [7, 11) is 0. The molecule has 0 radical (unpaired) electrons. The molecule has 3 N–H and O–H groups in total. The summed E-state index contributed by atoms with van der Waals surface area (Å²) in [6.45, 7) is 1.72. The van der Waals surface area contributed by atoms with Gasteiger partial charge in [0.05, 0.1) is 16.9 Å². The van der Waals surface area contributed by atoms with Crippen LogP contribution in [0, 0.1) is 6.92 Å². The first kappa shape index (κ1) is 14.5. The average Bonchev–Trinajstić information content (AvgIpc) is 2.34. The summed E-state index contributed by atoms with van der Waals surface area (Å²) in [5.74, 6) is 0.179. The van der Waals surface area contributed by atoms with Crippen molar-refractivity contribution in [2.45, 2.75) is 13.1 Å². The molecule has 0 amide bonds. The zero-order valence-corrected chi connectivity index (χ0v) is 11.2. The molecule has 2 rings (SSSR count). The number of alkyl halides is 3. The lowest BCUT2D eigenvalue weighted by Crippen LogP contribution is -2.10. The lowest BCUT2D eigenvalue weighted by molar-refractivity contribution is -0.136. The van der Waals surface area contributed by atoms with Gasteiger partial charge >= 0.3 is 6.18 Å². The van der Waals surface area contributed by atoms with Crippen molar-refractivity contribution >= 4 is 28.8 Å². The monoisotopic (exact) mass is 301 g/mol. The van der Waals surface area contributed by atoms with Gasteiger partial charge in [-0.25, -0.2) is 4.98 Å². The van der Waals surface area contributed by atoms with E-state index in [0.717, 1.165) is 6.07 Å². The Balaban J connectivity index is 2.46. The molecular formula is C13H11ClF3N3. The third-order valence-electron chi connectivity index (χ3n) is 2.61. The van der Waals surface area contributed by atoms with Crippen LogP contribution in [-0.4, -0.2) is 4.98 Å². The minimum atomic E-state index is -4.52. The van der Waals surface area contributed by atoms with E-state index in [1.807, 2.05) is 0 Å². The molecule has 0 atom stereocenters. The van der Waals surface area contributed by atoms with Crippen molar-refractivity contribution in [1.82, 2.24) is 4.98 Å². The summed E-state index contributed by atoms with van der Waals surface area (Å²) in [6, 6.07) is 6.72. The van der Waals surface area contributed by atoms with Crippen LogP contribution in [0.15, 0.2) is 30.3 Å². The third-order valence-corrected chi connectivity index (χ3v) is 2.84. The minimum Gasteiger partial charge on any atom is -0.396 e. The lowest BCUT2D eigenvalue weighted by Gasteiger charge is -2.15. The van der Waals surface area contributed by atoms with E-state index in [4.69, 9.17) is 17.3 Å². The van der Waals surface area contributed by atoms with Crippen molar-refractivity contribution in [3.63, 3.8) is 0 Å². The summed E-state index contributed by atoms with van der Waals surface area (Å²) < 4.78 is 38.9. The molecule has 20 heavy (non-hydrogen) atoms.